The van der Waals surface area contributed by atoms with E-state index in [-0.39, 0.29) is 0 Å². The highest BCUT2D eigenvalue weighted by atomic mass is 14.5. The molecule has 3 fully saturated rings. The van der Waals surface area contributed by atoms with Crippen molar-refractivity contribution in [2.75, 3.05) is 0 Å². The van der Waals surface area contributed by atoms with E-state index in [1.807, 2.05) is 0 Å². The van der Waals surface area contributed by atoms with Gasteiger partial charge >= 0.3 is 0 Å². The van der Waals surface area contributed by atoms with Crippen molar-refractivity contribution < 1.29 is 0 Å². The van der Waals surface area contributed by atoms with Crippen molar-refractivity contribution in [3.05, 3.63) is 0 Å². The summed E-state index contributed by atoms with van der Waals surface area (Å²) in [5.74, 6) is 6.80. The third-order valence-corrected chi connectivity index (χ3v) is 4.83. The van der Waals surface area contributed by atoms with Crippen LogP contribution in [0.3, 0.4) is 0 Å². The topological polar surface area (TPSA) is 0 Å². The maximum atomic E-state index is 2.42. The lowest BCUT2D eigenvalue weighted by Crippen LogP contribution is -1.89. The first-order valence-corrected chi connectivity index (χ1v) is 6.24. The van der Waals surface area contributed by atoms with Gasteiger partial charge in [-0.1, -0.05) is 13.8 Å². The minimum Gasteiger partial charge on any atom is -0.0622 e. The van der Waals surface area contributed by atoms with E-state index in [0.29, 0.717) is 0 Å². The first-order valence-electron chi connectivity index (χ1n) is 6.24. The Bertz CT molecular complexity index is 186. The molecule has 13 heavy (non-hydrogen) atoms. The van der Waals surface area contributed by atoms with Gasteiger partial charge < -0.3 is 0 Å². The lowest BCUT2D eigenvalue weighted by atomic mass is 10.1. The molecule has 3 aliphatic rings. The van der Waals surface area contributed by atoms with E-state index in [4.69, 9.17) is 0 Å². The largest absolute Gasteiger partial charge is 0.0622 e. The van der Waals surface area contributed by atoms with E-state index >= 15 is 0 Å². The highest BCUT2D eigenvalue weighted by Gasteiger charge is 2.46. The summed E-state index contributed by atoms with van der Waals surface area (Å²) in [6, 6.07) is 0. The Morgan fingerprint density at radius 1 is 0.692 bits per heavy atom. The fourth-order valence-electron chi connectivity index (χ4n) is 3.12. The zero-order valence-electron chi connectivity index (χ0n) is 9.00. The molecule has 0 aromatic carbocycles. The predicted molar refractivity (Wildman–Crippen MR) is 55.4 cm³/mol. The van der Waals surface area contributed by atoms with Gasteiger partial charge in [0.05, 0.1) is 0 Å². The molecule has 0 heterocycles. The molecular formula is C13H22. The number of hydrogen-bond donors (Lipinski definition) is 0. The van der Waals surface area contributed by atoms with Gasteiger partial charge in [-0.3, -0.25) is 0 Å². The average Bonchev–Trinajstić information content (AvgIpc) is 2.95. The van der Waals surface area contributed by atoms with Crippen molar-refractivity contribution >= 4 is 0 Å². The van der Waals surface area contributed by atoms with Crippen LogP contribution in [0.2, 0.25) is 0 Å². The average molecular weight is 178 g/mol. The van der Waals surface area contributed by atoms with Crippen LogP contribution in [0.5, 0.6) is 0 Å². The Morgan fingerprint density at radius 3 is 1.38 bits per heavy atom. The lowest BCUT2D eigenvalue weighted by Gasteiger charge is -1.97. The standard InChI is InChI=1S/C13H22/c1-8-3-10(8)5-12-7-13(12)6-11-4-9(11)2/h8-13H,3-7H2,1-2H3. The summed E-state index contributed by atoms with van der Waals surface area (Å²) < 4.78 is 0. The van der Waals surface area contributed by atoms with Gasteiger partial charge in [-0.2, -0.15) is 0 Å². The molecule has 0 radical (unpaired) electrons. The Hall–Kier alpha value is 0. The van der Waals surface area contributed by atoms with Crippen LogP contribution in [-0.4, -0.2) is 0 Å². The minimum absolute atomic E-state index is 1.08. The molecule has 0 aromatic rings. The van der Waals surface area contributed by atoms with Crippen LogP contribution in [0.4, 0.5) is 0 Å². The Kier molecular flexibility index (Phi) is 1.76. The van der Waals surface area contributed by atoms with Gasteiger partial charge in [-0.25, -0.2) is 0 Å². The summed E-state index contributed by atoms with van der Waals surface area (Å²) in [7, 11) is 0. The normalized spacial score (nSPS) is 57.7. The lowest BCUT2D eigenvalue weighted by molar-refractivity contribution is 0.523. The SMILES string of the molecule is CC1CC1CC1CC1CC1CC1C. The van der Waals surface area contributed by atoms with Crippen LogP contribution in [0.1, 0.15) is 46.0 Å². The monoisotopic (exact) mass is 178 g/mol. The van der Waals surface area contributed by atoms with Gasteiger partial charge in [0.25, 0.3) is 0 Å². The van der Waals surface area contributed by atoms with E-state index in [2.05, 4.69) is 13.8 Å². The maximum absolute atomic E-state index is 2.42. The quantitative estimate of drug-likeness (QED) is 0.615. The molecule has 3 aliphatic carbocycles. The van der Waals surface area contributed by atoms with Gasteiger partial charge in [0.2, 0.25) is 0 Å². The Morgan fingerprint density at radius 2 is 1.08 bits per heavy atom. The molecule has 3 saturated carbocycles. The van der Waals surface area contributed by atoms with Crippen molar-refractivity contribution in [3.63, 3.8) is 0 Å². The summed E-state index contributed by atoms with van der Waals surface area (Å²) in [6.45, 7) is 4.84. The van der Waals surface area contributed by atoms with Crippen LogP contribution in [0.15, 0.2) is 0 Å². The molecule has 0 nitrogen and oxygen atoms in total. The molecule has 0 aromatic heterocycles. The smallest absolute Gasteiger partial charge is 0.0380 e. The third kappa shape index (κ3) is 1.78. The molecule has 6 unspecified atom stereocenters. The Labute approximate surface area is 82.1 Å². The molecule has 3 rings (SSSR count). The van der Waals surface area contributed by atoms with Gasteiger partial charge in [0.1, 0.15) is 0 Å². The fraction of sp³-hybridized carbons (Fsp3) is 1.00. The van der Waals surface area contributed by atoms with E-state index in [9.17, 15) is 0 Å². The predicted octanol–water partition coefficient (Wildman–Crippen LogP) is 3.71. The molecule has 0 amide bonds. The zero-order valence-corrected chi connectivity index (χ0v) is 9.00. The minimum atomic E-state index is 1.08. The van der Waals surface area contributed by atoms with Gasteiger partial charge in [-0.05, 0) is 67.6 Å². The summed E-state index contributed by atoms with van der Waals surface area (Å²) in [4.78, 5) is 0. The van der Waals surface area contributed by atoms with Crippen molar-refractivity contribution in [2.45, 2.75) is 46.0 Å². The van der Waals surface area contributed by atoms with E-state index in [0.717, 1.165) is 23.7 Å². The van der Waals surface area contributed by atoms with Crippen LogP contribution < -0.4 is 0 Å². The van der Waals surface area contributed by atoms with Crippen molar-refractivity contribution in [3.8, 4) is 0 Å². The first-order chi connectivity index (χ1) is 6.24. The number of hydrogen-bond acceptors (Lipinski definition) is 0. The summed E-state index contributed by atoms with van der Waals surface area (Å²) in [5, 5.41) is 0. The van der Waals surface area contributed by atoms with E-state index in [1.165, 1.54) is 11.8 Å². The molecule has 0 aliphatic heterocycles. The molecule has 6 atom stereocenters. The molecular weight excluding hydrogens is 156 g/mol. The van der Waals surface area contributed by atoms with Crippen LogP contribution >= 0.6 is 0 Å². The fourth-order valence-corrected chi connectivity index (χ4v) is 3.12. The third-order valence-electron chi connectivity index (χ3n) is 4.83. The van der Waals surface area contributed by atoms with Gasteiger partial charge in [0.15, 0.2) is 0 Å². The summed E-state index contributed by atoms with van der Waals surface area (Å²) >= 11 is 0. The molecule has 0 spiro atoms. The zero-order chi connectivity index (χ0) is 9.00. The highest BCUT2D eigenvalue weighted by Crippen LogP contribution is 2.56. The van der Waals surface area contributed by atoms with Gasteiger partial charge in [-0.15, -0.1) is 0 Å². The van der Waals surface area contributed by atoms with Crippen molar-refractivity contribution in [2.24, 2.45) is 35.5 Å². The summed E-state index contributed by atoms with van der Waals surface area (Å²) in [5.41, 5.74) is 0. The maximum Gasteiger partial charge on any atom is -0.0380 e. The molecule has 0 saturated heterocycles. The van der Waals surface area contributed by atoms with Crippen LogP contribution in [0, 0.1) is 35.5 Å². The van der Waals surface area contributed by atoms with Crippen molar-refractivity contribution in [1.29, 1.82) is 0 Å². The molecule has 0 heteroatoms. The molecule has 0 bridgehead atoms. The molecule has 74 valence electrons. The second-order valence-electron chi connectivity index (χ2n) is 6.17. The van der Waals surface area contributed by atoms with Crippen molar-refractivity contribution in [1.82, 2.24) is 0 Å². The summed E-state index contributed by atoms with van der Waals surface area (Å²) in [6.07, 6.45) is 7.86. The van der Waals surface area contributed by atoms with E-state index < -0.39 is 0 Å². The molecule has 0 N–H and O–H groups in total. The second kappa shape index (κ2) is 2.74. The van der Waals surface area contributed by atoms with E-state index in [1.54, 1.807) is 32.1 Å². The number of rotatable bonds is 4. The van der Waals surface area contributed by atoms with Gasteiger partial charge in [0, 0.05) is 0 Å². The Balaban J connectivity index is 1.36. The highest BCUT2D eigenvalue weighted by molar-refractivity contribution is 4.97. The van der Waals surface area contributed by atoms with Crippen LogP contribution in [0.25, 0.3) is 0 Å². The first kappa shape index (κ1) is 8.32. The second-order valence-corrected chi connectivity index (χ2v) is 6.17. The van der Waals surface area contributed by atoms with Crippen LogP contribution in [-0.2, 0) is 0 Å².